The highest BCUT2D eigenvalue weighted by Gasteiger charge is 2.17. The predicted octanol–water partition coefficient (Wildman–Crippen LogP) is 4.40. The highest BCUT2D eigenvalue weighted by Crippen LogP contribution is 2.23. The Kier molecular flexibility index (Phi) is 5.84. The maximum atomic E-state index is 12.7. The Balaban J connectivity index is 1.46. The Bertz CT molecular complexity index is 1180. The van der Waals surface area contributed by atoms with Crippen molar-refractivity contribution in [1.29, 1.82) is 0 Å². The van der Waals surface area contributed by atoms with Gasteiger partial charge in [0.05, 0.1) is 13.2 Å². The molecule has 0 bridgehead atoms. The van der Waals surface area contributed by atoms with Crippen LogP contribution in [-0.4, -0.2) is 27.7 Å². The number of hydrogen-bond donors (Lipinski definition) is 1. The van der Waals surface area contributed by atoms with Crippen LogP contribution < -0.4 is 10.1 Å². The van der Waals surface area contributed by atoms with Gasteiger partial charge < -0.3 is 19.1 Å². The zero-order chi connectivity index (χ0) is 21.8. The van der Waals surface area contributed by atoms with Gasteiger partial charge in [0.1, 0.15) is 18.0 Å². The molecule has 2 aromatic heterocycles. The second-order valence-electron chi connectivity index (χ2n) is 7.38. The van der Waals surface area contributed by atoms with Crippen LogP contribution in [0.25, 0.3) is 23.0 Å². The predicted molar refractivity (Wildman–Crippen MR) is 117 cm³/mol. The van der Waals surface area contributed by atoms with E-state index in [1.54, 1.807) is 11.7 Å². The van der Waals surface area contributed by atoms with Gasteiger partial charge >= 0.3 is 0 Å². The summed E-state index contributed by atoms with van der Waals surface area (Å²) in [6.45, 7) is 4.10. The number of nitrogens with zero attached hydrogens (tertiary/aromatic N) is 3. The highest BCUT2D eigenvalue weighted by atomic mass is 16.5. The van der Waals surface area contributed by atoms with E-state index in [4.69, 9.17) is 9.26 Å². The van der Waals surface area contributed by atoms with Crippen molar-refractivity contribution in [1.82, 2.24) is 20.0 Å². The molecule has 0 radical (unpaired) electrons. The number of ether oxygens (including phenoxy) is 1. The third-order valence-corrected chi connectivity index (χ3v) is 5.07. The van der Waals surface area contributed by atoms with Crippen molar-refractivity contribution >= 4 is 5.91 Å². The molecule has 0 saturated carbocycles. The monoisotopic (exact) mass is 416 g/mol. The lowest BCUT2D eigenvalue weighted by Crippen LogP contribution is -2.30. The average molecular weight is 416 g/mol. The quantitative estimate of drug-likeness (QED) is 0.483. The van der Waals surface area contributed by atoms with Crippen LogP contribution in [0.1, 0.15) is 24.1 Å². The fraction of sp³-hybridized carbons (Fsp3) is 0.208. The van der Waals surface area contributed by atoms with Crippen LogP contribution in [0, 0.1) is 6.92 Å². The fourth-order valence-electron chi connectivity index (χ4n) is 3.33. The van der Waals surface area contributed by atoms with E-state index >= 15 is 0 Å². The Morgan fingerprint density at radius 2 is 1.97 bits per heavy atom. The molecule has 2 aromatic carbocycles. The van der Waals surface area contributed by atoms with Crippen molar-refractivity contribution in [2.24, 2.45) is 0 Å². The molecule has 0 aliphatic heterocycles. The first-order valence-corrected chi connectivity index (χ1v) is 10.0. The summed E-state index contributed by atoms with van der Waals surface area (Å²) in [5, 5.41) is 7.10. The molecule has 0 saturated heterocycles. The van der Waals surface area contributed by atoms with Crippen LogP contribution in [0.5, 0.6) is 5.75 Å². The molecule has 0 spiro atoms. The maximum Gasteiger partial charge on any atom is 0.274 e. The molecule has 2 heterocycles. The van der Waals surface area contributed by atoms with E-state index in [1.807, 2.05) is 80.7 Å². The number of aromatic nitrogens is 3. The van der Waals surface area contributed by atoms with E-state index < -0.39 is 0 Å². The first-order valence-electron chi connectivity index (χ1n) is 10.0. The van der Waals surface area contributed by atoms with Gasteiger partial charge in [0, 0.05) is 11.8 Å². The van der Waals surface area contributed by atoms with Crippen LogP contribution in [-0.2, 0) is 11.3 Å². The summed E-state index contributed by atoms with van der Waals surface area (Å²) in [6.07, 6.45) is 1.82. The van der Waals surface area contributed by atoms with Crippen molar-refractivity contribution in [3.63, 3.8) is 0 Å². The fourth-order valence-corrected chi connectivity index (χ4v) is 3.33. The summed E-state index contributed by atoms with van der Waals surface area (Å²) in [6, 6.07) is 19.1. The summed E-state index contributed by atoms with van der Waals surface area (Å²) < 4.78 is 12.5. The van der Waals surface area contributed by atoms with E-state index in [0.717, 1.165) is 22.4 Å². The Morgan fingerprint density at radius 1 is 1.16 bits per heavy atom. The van der Waals surface area contributed by atoms with Crippen molar-refractivity contribution in [2.45, 2.75) is 26.4 Å². The van der Waals surface area contributed by atoms with Gasteiger partial charge in [0.2, 0.25) is 11.7 Å². The van der Waals surface area contributed by atoms with Crippen LogP contribution >= 0.6 is 0 Å². The van der Waals surface area contributed by atoms with Gasteiger partial charge in [-0.3, -0.25) is 4.79 Å². The Morgan fingerprint density at radius 3 is 2.74 bits per heavy atom. The number of aryl methyl sites for hydroxylation is 1. The molecule has 7 nitrogen and oxygen atoms in total. The number of carbonyl (C=O) groups is 1. The van der Waals surface area contributed by atoms with Crippen molar-refractivity contribution in [3.05, 3.63) is 78.0 Å². The zero-order valence-electron chi connectivity index (χ0n) is 17.7. The van der Waals surface area contributed by atoms with E-state index in [2.05, 4.69) is 15.5 Å². The number of rotatable bonds is 7. The standard InChI is InChI=1S/C24H24N4O3/c1-16-9-11-18(12-10-16)23-26-24(31-27-23)21-8-5-13-28(21)15-22(29)25-17(2)19-6-4-7-20(14-19)30-3/h4-14,17H,15H2,1-3H3,(H,25,29). The van der Waals surface area contributed by atoms with E-state index in [0.29, 0.717) is 17.4 Å². The third kappa shape index (κ3) is 4.66. The number of amides is 1. The van der Waals surface area contributed by atoms with Gasteiger partial charge in [-0.1, -0.05) is 47.1 Å². The summed E-state index contributed by atoms with van der Waals surface area (Å²) in [4.78, 5) is 17.2. The lowest BCUT2D eigenvalue weighted by molar-refractivity contribution is -0.122. The largest absolute Gasteiger partial charge is 0.497 e. The molecule has 4 aromatic rings. The molecule has 1 unspecified atom stereocenters. The molecule has 1 amide bonds. The highest BCUT2D eigenvalue weighted by molar-refractivity contribution is 5.77. The lowest BCUT2D eigenvalue weighted by atomic mass is 10.1. The van der Waals surface area contributed by atoms with E-state index in [9.17, 15) is 4.79 Å². The average Bonchev–Trinajstić information content (AvgIpc) is 3.43. The Hall–Kier alpha value is -3.87. The summed E-state index contributed by atoms with van der Waals surface area (Å²) in [7, 11) is 1.62. The van der Waals surface area contributed by atoms with Crippen LogP contribution in [0.15, 0.2) is 71.4 Å². The number of hydrogen-bond acceptors (Lipinski definition) is 5. The molecule has 1 N–H and O–H groups in total. The summed E-state index contributed by atoms with van der Waals surface area (Å²) >= 11 is 0. The van der Waals surface area contributed by atoms with Gasteiger partial charge in [0.15, 0.2) is 0 Å². The van der Waals surface area contributed by atoms with Crippen LogP contribution in [0.2, 0.25) is 0 Å². The number of benzene rings is 2. The molecule has 0 aliphatic rings. The van der Waals surface area contributed by atoms with Gasteiger partial charge in [-0.15, -0.1) is 0 Å². The van der Waals surface area contributed by atoms with Crippen molar-refractivity contribution < 1.29 is 14.1 Å². The number of methoxy groups -OCH3 is 1. The minimum Gasteiger partial charge on any atom is -0.497 e. The zero-order valence-corrected chi connectivity index (χ0v) is 17.7. The third-order valence-electron chi connectivity index (χ3n) is 5.07. The molecule has 4 rings (SSSR count). The molecule has 31 heavy (non-hydrogen) atoms. The summed E-state index contributed by atoms with van der Waals surface area (Å²) in [5.41, 5.74) is 3.70. The van der Waals surface area contributed by atoms with Gasteiger partial charge in [-0.05, 0) is 43.7 Å². The second kappa shape index (κ2) is 8.87. The maximum absolute atomic E-state index is 12.7. The molecule has 0 fully saturated rings. The van der Waals surface area contributed by atoms with Crippen molar-refractivity contribution in [2.75, 3.05) is 7.11 Å². The molecule has 1 atom stereocenters. The summed E-state index contributed by atoms with van der Waals surface area (Å²) in [5.74, 6) is 1.52. The van der Waals surface area contributed by atoms with Gasteiger partial charge in [0.25, 0.3) is 5.89 Å². The van der Waals surface area contributed by atoms with E-state index in [1.165, 1.54) is 0 Å². The number of nitrogens with one attached hydrogen (secondary N) is 1. The first kappa shape index (κ1) is 20.4. The minimum absolute atomic E-state index is 0.119. The first-order chi connectivity index (χ1) is 15.0. The smallest absolute Gasteiger partial charge is 0.274 e. The number of carbonyl (C=O) groups excluding carboxylic acids is 1. The van der Waals surface area contributed by atoms with Crippen LogP contribution in [0.4, 0.5) is 0 Å². The van der Waals surface area contributed by atoms with E-state index in [-0.39, 0.29) is 18.5 Å². The lowest BCUT2D eigenvalue weighted by Gasteiger charge is -2.16. The molecular formula is C24H24N4O3. The van der Waals surface area contributed by atoms with Crippen molar-refractivity contribution in [3.8, 4) is 28.7 Å². The topological polar surface area (TPSA) is 82.2 Å². The molecule has 158 valence electrons. The molecular weight excluding hydrogens is 392 g/mol. The van der Waals surface area contributed by atoms with Gasteiger partial charge in [-0.2, -0.15) is 4.98 Å². The second-order valence-corrected chi connectivity index (χ2v) is 7.38. The van der Waals surface area contributed by atoms with Crippen LogP contribution in [0.3, 0.4) is 0 Å². The molecule has 7 heteroatoms. The minimum atomic E-state index is -0.154. The SMILES string of the molecule is COc1cccc(C(C)NC(=O)Cn2cccc2-c2nc(-c3ccc(C)cc3)no2)c1. The molecule has 0 aliphatic carbocycles. The van der Waals surface area contributed by atoms with Gasteiger partial charge in [-0.25, -0.2) is 0 Å². The normalized spacial score (nSPS) is 11.8. The Labute approximate surface area is 180 Å².